The van der Waals surface area contributed by atoms with E-state index in [0.717, 1.165) is 21.5 Å². The van der Waals surface area contributed by atoms with Gasteiger partial charge < -0.3 is 18.9 Å². The van der Waals surface area contributed by atoms with E-state index in [1.54, 1.807) is 41.8 Å². The molecule has 0 spiro atoms. The number of fused-ring (bicyclic) bond motifs is 5. The summed E-state index contributed by atoms with van der Waals surface area (Å²) in [4.78, 5) is 75.7. The van der Waals surface area contributed by atoms with E-state index >= 15 is 0 Å². The minimum Gasteiger partial charge on any atom is -0.457 e. The molecule has 3 aromatic carbocycles. The van der Waals surface area contributed by atoms with Crippen LogP contribution >= 0.6 is 0 Å². The molecule has 14 nitrogen and oxygen atoms in total. The molecule has 5 heterocycles. The highest BCUT2D eigenvalue weighted by Gasteiger charge is 2.51. The highest BCUT2D eigenvalue weighted by atomic mass is 16.6. The van der Waals surface area contributed by atoms with Gasteiger partial charge in [0.05, 0.1) is 40.3 Å². The molecule has 0 N–H and O–H groups in total. The number of cyclic esters (lactones) is 1. The number of hydrogen-bond acceptors (Lipinski definition) is 11. The van der Waals surface area contributed by atoms with E-state index in [0.29, 0.717) is 46.4 Å². The SMILES string of the molecule is CC[C@@]1(OC(=O)N(C)N=Nc2cc3c4c(cccc4c2)C(=O)N(CCN(C)C)C3=O)C(=O)OCc2c1cc1n(c2=O)Cc2cc3ccccc3nc2-1. The summed E-state index contributed by atoms with van der Waals surface area (Å²) in [5, 5.41) is 11.2. The lowest BCUT2D eigenvalue weighted by molar-refractivity contribution is -0.173. The van der Waals surface area contributed by atoms with Crippen LogP contribution in [-0.4, -0.2) is 82.5 Å². The Hall–Kier alpha value is -6.28. The first kappa shape index (κ1) is 32.9. The predicted molar refractivity (Wildman–Crippen MR) is 189 cm³/mol. The zero-order chi connectivity index (χ0) is 36.5. The summed E-state index contributed by atoms with van der Waals surface area (Å²) in [6.07, 6.45) is -1.06. The van der Waals surface area contributed by atoms with Crippen LogP contribution in [0, 0.1) is 0 Å². The summed E-state index contributed by atoms with van der Waals surface area (Å²) in [6.45, 7) is 2.40. The van der Waals surface area contributed by atoms with Crippen molar-refractivity contribution in [2.24, 2.45) is 10.3 Å². The topological polar surface area (TPSA) is 156 Å². The van der Waals surface area contributed by atoms with Crippen molar-refractivity contribution in [3.8, 4) is 11.4 Å². The van der Waals surface area contributed by atoms with Crippen molar-refractivity contribution >= 4 is 51.2 Å². The highest BCUT2D eigenvalue weighted by molar-refractivity contribution is 6.25. The van der Waals surface area contributed by atoms with Crippen LogP contribution in [-0.2, 0) is 33.0 Å². The number of likely N-dealkylation sites (N-methyl/N-ethyl adjacent to an activating group) is 1. The number of amides is 3. The second kappa shape index (κ2) is 12.2. The Balaban J connectivity index is 1.11. The average molecular weight is 700 g/mol. The van der Waals surface area contributed by atoms with E-state index in [1.807, 2.05) is 49.3 Å². The van der Waals surface area contributed by atoms with Gasteiger partial charge in [0.2, 0.25) is 5.60 Å². The van der Waals surface area contributed by atoms with Crippen LogP contribution in [0.5, 0.6) is 0 Å². The molecule has 0 radical (unpaired) electrons. The fourth-order valence-electron chi connectivity index (χ4n) is 7.16. The third kappa shape index (κ3) is 5.05. The van der Waals surface area contributed by atoms with Crippen molar-refractivity contribution < 1.29 is 28.7 Å². The fraction of sp³-hybridized carbons (Fsp3) is 0.263. The summed E-state index contributed by atoms with van der Waals surface area (Å²) in [7, 11) is 5.02. The average Bonchev–Trinajstić information content (AvgIpc) is 3.50. The lowest BCUT2D eigenvalue weighted by Gasteiger charge is -2.35. The molecule has 0 saturated carbocycles. The smallest absolute Gasteiger partial charge is 0.432 e. The predicted octanol–water partition coefficient (Wildman–Crippen LogP) is 5.17. The van der Waals surface area contributed by atoms with Gasteiger partial charge in [0.25, 0.3) is 17.4 Å². The summed E-state index contributed by atoms with van der Waals surface area (Å²) in [6, 6.07) is 19.7. The number of carbonyl (C=O) groups excluding carboxylic acids is 4. The summed E-state index contributed by atoms with van der Waals surface area (Å²) < 4.78 is 13.0. The maximum Gasteiger partial charge on any atom is 0.432 e. The number of esters is 1. The van der Waals surface area contributed by atoms with Gasteiger partial charge in [-0.15, -0.1) is 5.11 Å². The minimum atomic E-state index is -1.94. The monoisotopic (exact) mass is 699 g/mol. The van der Waals surface area contributed by atoms with Gasteiger partial charge in [-0.1, -0.05) is 42.5 Å². The molecule has 3 aliphatic heterocycles. The summed E-state index contributed by atoms with van der Waals surface area (Å²) in [5.74, 6) is -1.63. The van der Waals surface area contributed by atoms with Crippen LogP contribution < -0.4 is 5.56 Å². The second-order valence-electron chi connectivity index (χ2n) is 13.3. The molecule has 8 rings (SSSR count). The Bertz CT molecular complexity index is 2490. The largest absolute Gasteiger partial charge is 0.457 e. The molecule has 52 heavy (non-hydrogen) atoms. The standard InChI is InChI=1S/C38H33N7O7/c1-5-38(28-18-30-32-23(15-21-9-6-7-12-29(21)39-32)19-45(30)35(48)27(28)20-51-36(38)49)52-37(50)43(4)41-40-24-16-22-10-8-11-25-31(22)26(17-24)34(47)44(33(25)46)14-13-42(2)3/h6-12,15-18H,5,13-14,19-20H2,1-4H3/t38-/m0/s1. The van der Waals surface area contributed by atoms with Crippen LogP contribution in [0.15, 0.2) is 81.9 Å². The molecule has 5 aromatic rings. The number of para-hydroxylation sites is 1. The quantitative estimate of drug-likeness (QED) is 0.0950. The Kier molecular flexibility index (Phi) is 7.72. The maximum absolute atomic E-state index is 13.9. The molecule has 0 saturated heterocycles. The van der Waals surface area contributed by atoms with Crippen molar-refractivity contribution in [2.45, 2.75) is 32.1 Å². The zero-order valence-electron chi connectivity index (χ0n) is 28.9. The van der Waals surface area contributed by atoms with E-state index in [1.165, 1.54) is 18.0 Å². The molecule has 0 aliphatic carbocycles. The van der Waals surface area contributed by atoms with Crippen LogP contribution in [0.1, 0.15) is 50.8 Å². The number of aromatic nitrogens is 2. The molecule has 3 aliphatic rings. The number of carbonyl (C=O) groups is 4. The van der Waals surface area contributed by atoms with Crippen LogP contribution in [0.25, 0.3) is 33.1 Å². The lowest BCUT2D eigenvalue weighted by atomic mass is 9.85. The molecule has 0 unspecified atom stereocenters. The fourth-order valence-corrected chi connectivity index (χ4v) is 7.16. The van der Waals surface area contributed by atoms with Gasteiger partial charge in [0, 0.05) is 47.6 Å². The second-order valence-corrected chi connectivity index (χ2v) is 13.3. The molecule has 0 bridgehead atoms. The van der Waals surface area contributed by atoms with Crippen LogP contribution in [0.2, 0.25) is 0 Å². The van der Waals surface area contributed by atoms with E-state index in [2.05, 4.69) is 10.3 Å². The molecule has 2 aromatic heterocycles. The number of pyridine rings is 2. The number of nitrogens with zero attached hydrogens (tertiary/aromatic N) is 7. The van der Waals surface area contributed by atoms with Gasteiger partial charge in [-0.2, -0.15) is 5.01 Å². The lowest BCUT2D eigenvalue weighted by Crippen LogP contribution is -2.48. The van der Waals surface area contributed by atoms with Crippen molar-refractivity contribution in [1.29, 1.82) is 0 Å². The number of hydrogen-bond donors (Lipinski definition) is 0. The van der Waals surface area contributed by atoms with Crippen LogP contribution in [0.4, 0.5) is 10.5 Å². The van der Waals surface area contributed by atoms with Gasteiger partial charge in [-0.3, -0.25) is 19.3 Å². The molecule has 262 valence electrons. The van der Waals surface area contributed by atoms with E-state index in [9.17, 15) is 24.0 Å². The van der Waals surface area contributed by atoms with E-state index in [-0.39, 0.29) is 47.9 Å². The third-order valence-corrected chi connectivity index (χ3v) is 9.89. The normalized spacial score (nSPS) is 17.5. The van der Waals surface area contributed by atoms with Gasteiger partial charge in [0.1, 0.15) is 6.61 Å². The third-order valence-electron chi connectivity index (χ3n) is 9.89. The van der Waals surface area contributed by atoms with E-state index in [4.69, 9.17) is 14.5 Å². The highest BCUT2D eigenvalue weighted by Crippen LogP contribution is 2.41. The summed E-state index contributed by atoms with van der Waals surface area (Å²) >= 11 is 0. The van der Waals surface area contributed by atoms with Crippen molar-refractivity contribution in [3.63, 3.8) is 0 Å². The number of rotatable bonds is 7. The zero-order valence-corrected chi connectivity index (χ0v) is 28.9. The first-order chi connectivity index (χ1) is 25.0. The Morgan fingerprint density at radius 1 is 0.962 bits per heavy atom. The molecule has 3 amide bonds. The van der Waals surface area contributed by atoms with Crippen molar-refractivity contribution in [1.82, 2.24) is 24.4 Å². The van der Waals surface area contributed by atoms with Crippen LogP contribution in [0.3, 0.4) is 0 Å². The first-order valence-corrected chi connectivity index (χ1v) is 16.8. The Morgan fingerprint density at radius 3 is 2.52 bits per heavy atom. The molecule has 1 atom stereocenters. The van der Waals surface area contributed by atoms with E-state index < -0.39 is 23.6 Å². The number of ether oxygens (including phenoxy) is 2. The Labute approximate surface area is 296 Å². The number of benzene rings is 3. The number of imide groups is 1. The first-order valence-electron chi connectivity index (χ1n) is 16.8. The van der Waals surface area contributed by atoms with Gasteiger partial charge in [0.15, 0.2) is 0 Å². The maximum atomic E-state index is 13.9. The minimum absolute atomic E-state index is 0.0298. The van der Waals surface area contributed by atoms with Gasteiger partial charge >= 0.3 is 12.1 Å². The molecular weight excluding hydrogens is 666 g/mol. The molecular formula is C38H33N7O7. The van der Waals surface area contributed by atoms with Crippen molar-refractivity contribution in [2.75, 3.05) is 34.2 Å². The van der Waals surface area contributed by atoms with Gasteiger partial charge in [-0.05, 0) is 62.3 Å². The van der Waals surface area contributed by atoms with Gasteiger partial charge in [-0.25, -0.2) is 14.6 Å². The summed E-state index contributed by atoms with van der Waals surface area (Å²) in [5.41, 5.74) is 1.86. The van der Waals surface area contributed by atoms with Crippen molar-refractivity contribution in [3.05, 3.63) is 105 Å². The Morgan fingerprint density at radius 2 is 1.73 bits per heavy atom. The molecule has 0 fully saturated rings. The molecule has 14 heteroatoms.